The number of carbonyl (C=O) groups is 1. The number of aliphatic hydroxyl groups is 3. The lowest BCUT2D eigenvalue weighted by Gasteiger charge is -2.69. The predicted octanol–water partition coefficient (Wildman–Crippen LogP) is -0.175. The summed E-state index contributed by atoms with van der Waals surface area (Å²) in [6.07, 6.45) is 0.350. The van der Waals surface area contributed by atoms with Gasteiger partial charge in [-0.3, -0.25) is 9.69 Å². The fraction of sp³-hybridized carbons (Fsp3) is 0.958. The van der Waals surface area contributed by atoms with Gasteiger partial charge in [0.25, 0.3) is 0 Å². The van der Waals surface area contributed by atoms with Crippen LogP contribution >= 0.6 is 0 Å². The maximum Gasteiger partial charge on any atom is 0.144 e. The second-order valence-corrected chi connectivity index (χ2v) is 11.5. The number of likely N-dealkylation sites (N-methyl/N-ethyl adjacent to an activating group) is 1. The highest BCUT2D eigenvalue weighted by Gasteiger charge is 2.91. The van der Waals surface area contributed by atoms with Crippen molar-refractivity contribution in [3.8, 4) is 0 Å². The Morgan fingerprint density at radius 3 is 2.56 bits per heavy atom. The summed E-state index contributed by atoms with van der Waals surface area (Å²) in [4.78, 5) is 15.9. The van der Waals surface area contributed by atoms with Crippen LogP contribution in [0, 0.1) is 34.5 Å². The van der Waals surface area contributed by atoms with Crippen molar-refractivity contribution in [2.45, 2.75) is 68.2 Å². The highest BCUT2D eigenvalue weighted by molar-refractivity contribution is 5.90. The summed E-state index contributed by atoms with van der Waals surface area (Å²) in [7, 11) is 4.87. The van der Waals surface area contributed by atoms with Crippen LogP contribution in [0.25, 0.3) is 0 Å². The van der Waals surface area contributed by atoms with Crippen LogP contribution in [0.3, 0.4) is 0 Å². The first-order chi connectivity index (χ1) is 15.2. The molecule has 3 N–H and O–H groups in total. The molecule has 0 unspecified atom stereocenters. The number of likely N-dealkylation sites (tertiary alicyclic amines) is 1. The Morgan fingerprint density at radius 1 is 1.19 bits per heavy atom. The third kappa shape index (κ3) is 1.94. The normalized spacial score (nSPS) is 60.2. The number of hydrogen-bond acceptors (Lipinski definition) is 8. The molecule has 0 amide bonds. The van der Waals surface area contributed by atoms with Crippen molar-refractivity contribution in [3.63, 3.8) is 0 Å². The first-order valence-corrected chi connectivity index (χ1v) is 12.2. The molecule has 8 heteroatoms. The summed E-state index contributed by atoms with van der Waals surface area (Å²) < 4.78 is 17.6. The lowest BCUT2D eigenvalue weighted by atomic mass is 9.43. The lowest BCUT2D eigenvalue weighted by Crippen LogP contribution is -2.81. The maximum atomic E-state index is 13.7. The van der Waals surface area contributed by atoms with E-state index in [-0.39, 0.29) is 35.4 Å². The molecule has 0 aromatic carbocycles. The summed E-state index contributed by atoms with van der Waals surface area (Å²) >= 11 is 0. The summed E-state index contributed by atoms with van der Waals surface area (Å²) in [6.45, 7) is 3.96. The molecule has 0 radical (unpaired) electrons. The van der Waals surface area contributed by atoms with E-state index in [0.29, 0.717) is 26.0 Å². The van der Waals surface area contributed by atoms with Crippen molar-refractivity contribution in [2.24, 2.45) is 34.5 Å². The Labute approximate surface area is 189 Å². The van der Waals surface area contributed by atoms with Gasteiger partial charge in [-0.1, -0.05) is 6.92 Å². The number of methoxy groups -OCH3 is 3. The van der Waals surface area contributed by atoms with E-state index in [1.54, 1.807) is 21.3 Å². The van der Waals surface area contributed by atoms with Crippen LogP contribution in [-0.2, 0) is 19.0 Å². The van der Waals surface area contributed by atoms with Crippen LogP contribution in [0.1, 0.15) is 32.6 Å². The van der Waals surface area contributed by atoms with Gasteiger partial charge in [0.05, 0.1) is 36.9 Å². The molecule has 1 heterocycles. The standard InChI is InChI=1S/C24H37NO7/c1-5-25-10-21(11-30-2)7-6-15(26)23-13-8-12-14(31-3)9-22(28,16(13)17(12)27)24(29,20(23)25)19(32-4)18(21)23/h12-16,18-20,26,28-29H,5-11H2,1-4H3/t12-,13+,14-,15-,16+,18+,19-,20-,21-,22+,23-,24-/m0/s1. The number of Topliss-reactive ketones (excluding diaryl/α,β-unsaturated/α-hetero) is 1. The Balaban J connectivity index is 1.68. The van der Waals surface area contributed by atoms with Gasteiger partial charge in [0.2, 0.25) is 0 Å². The average Bonchev–Trinajstić information content (AvgIpc) is 3.14. The van der Waals surface area contributed by atoms with Crippen molar-refractivity contribution >= 4 is 5.78 Å². The molecule has 0 aromatic rings. The van der Waals surface area contributed by atoms with E-state index in [0.717, 1.165) is 13.0 Å². The quantitative estimate of drug-likeness (QED) is 0.529. The first-order valence-electron chi connectivity index (χ1n) is 12.2. The highest BCUT2D eigenvalue weighted by atomic mass is 16.5. The minimum absolute atomic E-state index is 0.0129. The van der Waals surface area contributed by atoms with Gasteiger partial charge in [-0.05, 0) is 31.7 Å². The number of ketones is 1. The molecule has 6 fully saturated rings. The van der Waals surface area contributed by atoms with Gasteiger partial charge < -0.3 is 29.5 Å². The molecule has 0 aromatic heterocycles. The van der Waals surface area contributed by atoms with Crippen molar-refractivity contribution in [2.75, 3.05) is 41.0 Å². The van der Waals surface area contributed by atoms with Crippen LogP contribution < -0.4 is 0 Å². The molecular formula is C24H37NO7. The summed E-state index contributed by atoms with van der Waals surface area (Å²) in [5, 5.41) is 37.0. The smallest absolute Gasteiger partial charge is 0.144 e. The van der Waals surface area contributed by atoms with E-state index in [1.165, 1.54) is 0 Å². The molecule has 7 bridgehead atoms. The second-order valence-electron chi connectivity index (χ2n) is 11.5. The molecule has 8 nitrogen and oxygen atoms in total. The van der Waals surface area contributed by atoms with E-state index in [1.807, 2.05) is 0 Å². The number of piperidine rings is 1. The fourth-order valence-corrected chi connectivity index (χ4v) is 10.4. The molecule has 1 aliphatic heterocycles. The Hall–Kier alpha value is -0.610. The zero-order valence-electron chi connectivity index (χ0n) is 19.5. The van der Waals surface area contributed by atoms with Crippen molar-refractivity contribution in [1.82, 2.24) is 4.90 Å². The largest absolute Gasteiger partial charge is 0.392 e. The van der Waals surface area contributed by atoms with E-state index < -0.39 is 46.9 Å². The van der Waals surface area contributed by atoms with Crippen molar-refractivity contribution in [1.29, 1.82) is 0 Å². The minimum Gasteiger partial charge on any atom is -0.392 e. The third-order valence-corrected chi connectivity index (χ3v) is 11.0. The average molecular weight is 452 g/mol. The Kier molecular flexibility index (Phi) is 4.47. The molecule has 12 atom stereocenters. The molecule has 32 heavy (non-hydrogen) atoms. The highest BCUT2D eigenvalue weighted by Crippen LogP contribution is 2.79. The zero-order valence-corrected chi connectivity index (χ0v) is 19.5. The molecule has 6 aliphatic rings. The number of hydrogen-bond donors (Lipinski definition) is 3. The van der Waals surface area contributed by atoms with Crippen LogP contribution in [-0.4, -0.2) is 103 Å². The molecule has 1 spiro atoms. The second kappa shape index (κ2) is 6.53. The number of fused-ring (bicyclic) bond motifs is 2. The molecular weight excluding hydrogens is 414 g/mol. The van der Waals surface area contributed by atoms with E-state index >= 15 is 0 Å². The van der Waals surface area contributed by atoms with Crippen LogP contribution in [0.2, 0.25) is 0 Å². The summed E-state index contributed by atoms with van der Waals surface area (Å²) in [6, 6.07) is -0.483. The van der Waals surface area contributed by atoms with Crippen molar-refractivity contribution in [3.05, 3.63) is 0 Å². The maximum absolute atomic E-state index is 13.7. The monoisotopic (exact) mass is 451 g/mol. The SMILES string of the molecule is CCN1C[C@]2(COC)CC[C@H](O)[C@@]34[C@@H]5C[C@@H]6C(=O)[C@@H]5[C@](O)(C[C@@H]6OC)[C@](O)([C@@H](OC)[C@H]23)[C@@H]14. The number of carbonyl (C=O) groups excluding carboxylic acids is 1. The zero-order chi connectivity index (χ0) is 22.8. The van der Waals surface area contributed by atoms with Gasteiger partial charge >= 0.3 is 0 Å². The number of rotatable bonds is 5. The number of ether oxygens (including phenoxy) is 3. The van der Waals surface area contributed by atoms with E-state index in [9.17, 15) is 20.1 Å². The molecule has 6 rings (SSSR count). The van der Waals surface area contributed by atoms with Gasteiger partial charge in [0.1, 0.15) is 17.0 Å². The van der Waals surface area contributed by atoms with Gasteiger partial charge in [-0.25, -0.2) is 0 Å². The summed E-state index contributed by atoms with van der Waals surface area (Å²) in [5.74, 6) is -1.43. The third-order valence-electron chi connectivity index (χ3n) is 11.0. The molecule has 5 aliphatic carbocycles. The topological polar surface area (TPSA) is 109 Å². The first kappa shape index (κ1) is 21.9. The van der Waals surface area contributed by atoms with Crippen LogP contribution in [0.15, 0.2) is 0 Å². The van der Waals surface area contributed by atoms with Crippen LogP contribution in [0.4, 0.5) is 0 Å². The molecule has 5 saturated carbocycles. The lowest BCUT2D eigenvalue weighted by molar-refractivity contribution is -0.299. The molecule has 180 valence electrons. The number of nitrogens with zero attached hydrogens (tertiary/aromatic N) is 1. The van der Waals surface area contributed by atoms with E-state index in [4.69, 9.17) is 14.2 Å². The van der Waals surface area contributed by atoms with E-state index in [2.05, 4.69) is 11.8 Å². The minimum atomic E-state index is -1.69. The predicted molar refractivity (Wildman–Crippen MR) is 113 cm³/mol. The molecule has 1 saturated heterocycles. The van der Waals surface area contributed by atoms with Gasteiger partial charge in [0.15, 0.2) is 0 Å². The van der Waals surface area contributed by atoms with Crippen LogP contribution in [0.5, 0.6) is 0 Å². The summed E-state index contributed by atoms with van der Waals surface area (Å²) in [5.41, 5.74) is -4.40. The van der Waals surface area contributed by atoms with Gasteiger partial charge in [-0.15, -0.1) is 0 Å². The van der Waals surface area contributed by atoms with Gasteiger partial charge in [-0.2, -0.15) is 0 Å². The Morgan fingerprint density at radius 2 is 1.94 bits per heavy atom. The van der Waals surface area contributed by atoms with Gasteiger partial charge in [0, 0.05) is 57.0 Å². The van der Waals surface area contributed by atoms with Crippen molar-refractivity contribution < 1.29 is 34.3 Å². The number of aliphatic hydroxyl groups excluding tert-OH is 1. The Bertz CT molecular complexity index is 839. The fourth-order valence-electron chi connectivity index (χ4n) is 10.4.